The fraction of sp³-hybridized carbons (Fsp3) is 0.308. The summed E-state index contributed by atoms with van der Waals surface area (Å²) >= 11 is 4.24. The molecular weight excluding hydrogens is 354 g/mol. The number of carbonyl (C=O) groups excluding carboxylic acids is 1. The molecule has 0 radical (unpaired) electrons. The van der Waals surface area contributed by atoms with Crippen molar-refractivity contribution in [1.29, 1.82) is 0 Å². The zero-order valence-electron chi connectivity index (χ0n) is 12.4. The van der Waals surface area contributed by atoms with Crippen molar-refractivity contribution >= 4 is 56.4 Å². The Balaban J connectivity index is 1.92. The third-order valence-electron chi connectivity index (χ3n) is 2.99. The number of anilines is 1. The molecule has 7 nitrogen and oxygen atoms in total. The largest absolute Gasteiger partial charge is 0.462 e. The van der Waals surface area contributed by atoms with Crippen LogP contribution in [0.5, 0.6) is 0 Å². The maximum absolute atomic E-state index is 12.0. The van der Waals surface area contributed by atoms with Crippen molar-refractivity contribution in [3.8, 4) is 0 Å². The molecule has 120 valence electrons. The molecule has 0 atom stereocenters. The van der Waals surface area contributed by atoms with Gasteiger partial charge in [-0.3, -0.25) is 0 Å². The maximum Gasteiger partial charge on any atom is 0.348 e. The summed E-state index contributed by atoms with van der Waals surface area (Å²) in [7, 11) is 0. The molecule has 0 aliphatic carbocycles. The Morgan fingerprint density at radius 3 is 2.96 bits per heavy atom. The number of esters is 1. The molecule has 0 bridgehead atoms. The lowest BCUT2D eigenvalue weighted by molar-refractivity contribution is 0.0531. The molecule has 0 aliphatic rings. The zero-order valence-corrected chi connectivity index (χ0v) is 14.8. The van der Waals surface area contributed by atoms with Crippen LogP contribution < -0.4 is 5.73 Å². The summed E-state index contributed by atoms with van der Waals surface area (Å²) in [5.74, 6) is 1.18. The Morgan fingerprint density at radius 2 is 2.26 bits per heavy atom. The molecule has 3 aromatic rings. The maximum atomic E-state index is 12.0. The fourth-order valence-electron chi connectivity index (χ4n) is 2.02. The summed E-state index contributed by atoms with van der Waals surface area (Å²) in [6.07, 6.45) is 0. The number of rotatable bonds is 5. The first-order chi connectivity index (χ1) is 11.1. The number of ether oxygens (including phenoxy) is 1. The first-order valence-electron chi connectivity index (χ1n) is 6.71. The van der Waals surface area contributed by atoms with Gasteiger partial charge in [-0.1, -0.05) is 23.1 Å². The standard InChI is InChI=1S/C13H13N5O2S3/c1-3-20-12(19)9-6(2)8-10(14)16-7(17-11(8)23-9)4-21-13-18-15-5-22-13/h5H,3-4H2,1-2H3,(H2,14,16,17). The lowest BCUT2D eigenvalue weighted by atomic mass is 10.2. The summed E-state index contributed by atoms with van der Waals surface area (Å²) in [4.78, 5) is 22.1. The lowest BCUT2D eigenvalue weighted by Gasteiger charge is -2.02. The van der Waals surface area contributed by atoms with Crippen LogP contribution in [0.1, 0.15) is 28.0 Å². The average molecular weight is 367 g/mol. The molecule has 3 rings (SSSR count). The van der Waals surface area contributed by atoms with Gasteiger partial charge < -0.3 is 10.5 Å². The molecular formula is C13H13N5O2S3. The van der Waals surface area contributed by atoms with Gasteiger partial charge in [-0.15, -0.1) is 21.5 Å². The number of aromatic nitrogens is 4. The molecule has 3 heterocycles. The van der Waals surface area contributed by atoms with Crippen molar-refractivity contribution in [2.24, 2.45) is 0 Å². The summed E-state index contributed by atoms with van der Waals surface area (Å²) in [6, 6.07) is 0. The highest BCUT2D eigenvalue weighted by molar-refractivity contribution is 8.00. The van der Waals surface area contributed by atoms with Gasteiger partial charge >= 0.3 is 5.97 Å². The molecule has 0 saturated carbocycles. The van der Waals surface area contributed by atoms with Crippen molar-refractivity contribution in [2.75, 3.05) is 12.3 Å². The van der Waals surface area contributed by atoms with Crippen LogP contribution in [-0.4, -0.2) is 32.7 Å². The number of nitrogens with two attached hydrogens (primary N) is 1. The van der Waals surface area contributed by atoms with E-state index in [0.717, 1.165) is 15.3 Å². The van der Waals surface area contributed by atoms with E-state index >= 15 is 0 Å². The Bertz CT molecular complexity index is 847. The van der Waals surface area contributed by atoms with Gasteiger partial charge in [0.1, 0.15) is 26.9 Å². The summed E-state index contributed by atoms with van der Waals surface area (Å²) in [6.45, 7) is 3.94. The van der Waals surface area contributed by atoms with Gasteiger partial charge in [0, 0.05) is 0 Å². The van der Waals surface area contributed by atoms with E-state index in [-0.39, 0.29) is 5.97 Å². The molecule has 2 N–H and O–H groups in total. The third kappa shape index (κ3) is 3.28. The van der Waals surface area contributed by atoms with E-state index in [1.54, 1.807) is 12.4 Å². The van der Waals surface area contributed by atoms with Crippen LogP contribution in [0.3, 0.4) is 0 Å². The second kappa shape index (κ2) is 6.77. The van der Waals surface area contributed by atoms with Crippen LogP contribution in [0.4, 0.5) is 5.82 Å². The van der Waals surface area contributed by atoms with Crippen LogP contribution in [0.15, 0.2) is 9.85 Å². The van der Waals surface area contributed by atoms with Crippen LogP contribution in [0.2, 0.25) is 0 Å². The highest BCUT2D eigenvalue weighted by Crippen LogP contribution is 2.34. The van der Waals surface area contributed by atoms with Gasteiger partial charge in [0.15, 0.2) is 4.34 Å². The van der Waals surface area contributed by atoms with Crippen molar-refractivity contribution < 1.29 is 9.53 Å². The smallest absolute Gasteiger partial charge is 0.348 e. The van der Waals surface area contributed by atoms with Gasteiger partial charge in [0.05, 0.1) is 17.7 Å². The number of carbonyl (C=O) groups is 1. The van der Waals surface area contributed by atoms with E-state index in [4.69, 9.17) is 10.5 Å². The number of hydrogen-bond donors (Lipinski definition) is 1. The molecule has 10 heteroatoms. The first-order valence-corrected chi connectivity index (χ1v) is 9.40. The molecule has 3 aromatic heterocycles. The molecule has 0 aliphatic heterocycles. The Labute approximate surface area is 144 Å². The summed E-state index contributed by atoms with van der Waals surface area (Å²) in [5, 5.41) is 8.48. The Morgan fingerprint density at radius 1 is 1.43 bits per heavy atom. The van der Waals surface area contributed by atoms with Crippen molar-refractivity contribution in [2.45, 2.75) is 23.9 Å². The molecule has 0 spiro atoms. The van der Waals surface area contributed by atoms with Crippen molar-refractivity contribution in [3.05, 3.63) is 21.8 Å². The first kappa shape index (κ1) is 16.1. The van der Waals surface area contributed by atoms with Crippen molar-refractivity contribution in [1.82, 2.24) is 20.2 Å². The summed E-state index contributed by atoms with van der Waals surface area (Å²) < 4.78 is 5.92. The highest BCUT2D eigenvalue weighted by Gasteiger charge is 2.20. The minimum absolute atomic E-state index is 0.331. The van der Waals surface area contributed by atoms with Gasteiger partial charge in [-0.05, 0) is 19.4 Å². The van der Waals surface area contributed by atoms with E-state index in [0.29, 0.717) is 33.7 Å². The topological polar surface area (TPSA) is 104 Å². The number of hydrogen-bond acceptors (Lipinski definition) is 10. The zero-order chi connectivity index (χ0) is 16.4. The highest BCUT2D eigenvalue weighted by atomic mass is 32.2. The number of thiophene rings is 1. The molecule has 0 saturated heterocycles. The number of fused-ring (bicyclic) bond motifs is 1. The minimum Gasteiger partial charge on any atom is -0.462 e. The van der Waals surface area contributed by atoms with Crippen molar-refractivity contribution in [3.63, 3.8) is 0 Å². The minimum atomic E-state index is -0.350. The monoisotopic (exact) mass is 367 g/mol. The molecule has 0 fully saturated rings. The number of aryl methyl sites for hydroxylation is 1. The molecule has 23 heavy (non-hydrogen) atoms. The number of nitrogens with zero attached hydrogens (tertiary/aromatic N) is 4. The second-order valence-electron chi connectivity index (χ2n) is 4.48. The van der Waals surface area contributed by atoms with E-state index < -0.39 is 0 Å². The molecule has 0 amide bonds. The SMILES string of the molecule is CCOC(=O)c1sc2nc(CSc3nncs3)nc(N)c2c1C. The quantitative estimate of drug-likeness (QED) is 0.542. The predicted molar refractivity (Wildman–Crippen MR) is 92.0 cm³/mol. The lowest BCUT2D eigenvalue weighted by Crippen LogP contribution is -2.03. The predicted octanol–water partition coefficient (Wildman–Crippen LogP) is 2.90. The Hall–Kier alpha value is -1.78. The molecule has 0 unspecified atom stereocenters. The number of thioether (sulfide) groups is 1. The second-order valence-corrected chi connectivity index (χ2v) is 7.53. The van der Waals surface area contributed by atoms with Crippen LogP contribution in [-0.2, 0) is 10.5 Å². The number of nitrogen functional groups attached to an aromatic ring is 1. The summed E-state index contributed by atoms with van der Waals surface area (Å²) in [5.41, 5.74) is 8.51. The van der Waals surface area contributed by atoms with E-state index in [1.165, 1.54) is 34.4 Å². The molecule has 0 aromatic carbocycles. The van der Waals surface area contributed by atoms with Gasteiger partial charge in [0.25, 0.3) is 0 Å². The van der Waals surface area contributed by atoms with E-state index in [1.807, 2.05) is 6.92 Å². The van der Waals surface area contributed by atoms with Gasteiger partial charge in [-0.25, -0.2) is 14.8 Å². The normalized spacial score (nSPS) is 11.0. The van der Waals surface area contributed by atoms with Crippen LogP contribution >= 0.6 is 34.4 Å². The van der Waals surface area contributed by atoms with Crippen LogP contribution in [0, 0.1) is 6.92 Å². The third-order valence-corrected chi connectivity index (χ3v) is 6.01. The van der Waals surface area contributed by atoms with Crippen LogP contribution in [0.25, 0.3) is 10.2 Å². The van der Waals surface area contributed by atoms with Gasteiger partial charge in [0.2, 0.25) is 0 Å². The fourth-order valence-corrected chi connectivity index (χ4v) is 4.47. The average Bonchev–Trinajstić information content (AvgIpc) is 3.13. The van der Waals surface area contributed by atoms with E-state index in [9.17, 15) is 4.79 Å². The van der Waals surface area contributed by atoms with Gasteiger partial charge in [-0.2, -0.15) is 0 Å². The Kier molecular flexibility index (Phi) is 4.74. The van der Waals surface area contributed by atoms with E-state index in [2.05, 4.69) is 20.2 Å².